The number of nitrogens with one attached hydrogen (secondary N) is 1. The van der Waals surface area contributed by atoms with Crippen molar-refractivity contribution in [3.8, 4) is 0 Å². The van der Waals surface area contributed by atoms with Gasteiger partial charge >= 0.3 is 5.97 Å². The number of thiophene rings is 1. The van der Waals surface area contributed by atoms with Crippen molar-refractivity contribution in [2.45, 2.75) is 12.6 Å². The van der Waals surface area contributed by atoms with E-state index in [2.05, 4.69) is 21.2 Å². The third-order valence-corrected chi connectivity index (χ3v) is 4.29. The standard InChI is InChI=1S/C13H11BrClNO2S/c14-8-3-4-11(15)10(6-8)12(13(17)18)16-7-9-2-1-5-19-9/h1-6,12,16H,7H2,(H,17,18). The molecule has 0 fully saturated rings. The summed E-state index contributed by atoms with van der Waals surface area (Å²) in [7, 11) is 0. The SMILES string of the molecule is O=C(O)C(NCc1cccs1)c1cc(Br)ccc1Cl. The van der Waals surface area contributed by atoms with Crippen LogP contribution in [-0.2, 0) is 11.3 Å². The van der Waals surface area contributed by atoms with Crippen LogP contribution >= 0.6 is 38.9 Å². The Hall–Kier alpha value is -0.880. The van der Waals surface area contributed by atoms with E-state index in [1.807, 2.05) is 17.5 Å². The predicted molar refractivity (Wildman–Crippen MR) is 80.7 cm³/mol. The first-order chi connectivity index (χ1) is 9.08. The van der Waals surface area contributed by atoms with E-state index in [9.17, 15) is 9.90 Å². The molecule has 0 radical (unpaired) electrons. The van der Waals surface area contributed by atoms with E-state index in [1.54, 1.807) is 29.5 Å². The molecule has 19 heavy (non-hydrogen) atoms. The van der Waals surface area contributed by atoms with Crippen molar-refractivity contribution < 1.29 is 9.90 Å². The number of benzene rings is 1. The van der Waals surface area contributed by atoms with Gasteiger partial charge in [-0.15, -0.1) is 11.3 Å². The summed E-state index contributed by atoms with van der Waals surface area (Å²) in [6, 6.07) is 8.26. The molecule has 0 amide bonds. The fourth-order valence-electron chi connectivity index (χ4n) is 1.68. The van der Waals surface area contributed by atoms with Gasteiger partial charge in [-0.05, 0) is 35.2 Å². The Bertz CT molecular complexity index is 574. The van der Waals surface area contributed by atoms with Crippen molar-refractivity contribution in [2.75, 3.05) is 0 Å². The number of rotatable bonds is 5. The number of carboxylic acids is 1. The monoisotopic (exact) mass is 359 g/mol. The first kappa shape index (κ1) is 14.5. The van der Waals surface area contributed by atoms with Gasteiger partial charge in [-0.3, -0.25) is 10.1 Å². The van der Waals surface area contributed by atoms with Crippen molar-refractivity contribution in [1.29, 1.82) is 0 Å². The highest BCUT2D eigenvalue weighted by Crippen LogP contribution is 2.27. The number of carboxylic acid groups (broad SMARTS) is 1. The average molecular weight is 361 g/mol. The topological polar surface area (TPSA) is 49.3 Å². The fraction of sp³-hybridized carbons (Fsp3) is 0.154. The fourth-order valence-corrected chi connectivity index (χ4v) is 2.94. The molecule has 3 nitrogen and oxygen atoms in total. The Morgan fingerprint density at radius 3 is 2.89 bits per heavy atom. The third-order valence-electron chi connectivity index (χ3n) is 2.58. The van der Waals surface area contributed by atoms with Crippen molar-refractivity contribution in [1.82, 2.24) is 5.32 Å². The maximum Gasteiger partial charge on any atom is 0.325 e. The number of hydrogen-bond donors (Lipinski definition) is 2. The van der Waals surface area contributed by atoms with Crippen molar-refractivity contribution in [3.05, 3.63) is 55.6 Å². The van der Waals surface area contributed by atoms with Gasteiger partial charge in [-0.1, -0.05) is 33.6 Å². The van der Waals surface area contributed by atoms with Crippen molar-refractivity contribution >= 4 is 44.8 Å². The zero-order valence-electron chi connectivity index (χ0n) is 9.77. The molecule has 100 valence electrons. The molecule has 2 N–H and O–H groups in total. The van der Waals surface area contributed by atoms with E-state index in [0.29, 0.717) is 17.1 Å². The molecule has 2 aromatic rings. The van der Waals surface area contributed by atoms with E-state index < -0.39 is 12.0 Å². The zero-order valence-corrected chi connectivity index (χ0v) is 12.9. The number of carbonyl (C=O) groups is 1. The molecule has 1 aromatic heterocycles. The molecule has 0 aliphatic heterocycles. The second kappa shape index (κ2) is 6.52. The van der Waals surface area contributed by atoms with Gasteiger partial charge in [0.25, 0.3) is 0 Å². The Kier molecular flexibility index (Phi) is 4.99. The van der Waals surface area contributed by atoms with Gasteiger partial charge in [0, 0.05) is 20.9 Å². The quantitative estimate of drug-likeness (QED) is 0.844. The normalized spacial score (nSPS) is 12.3. The summed E-state index contributed by atoms with van der Waals surface area (Å²) in [6.45, 7) is 0.497. The van der Waals surface area contributed by atoms with Crippen LogP contribution in [0.2, 0.25) is 5.02 Å². The maximum absolute atomic E-state index is 11.4. The third kappa shape index (κ3) is 3.79. The van der Waals surface area contributed by atoms with E-state index >= 15 is 0 Å². The average Bonchev–Trinajstić information content (AvgIpc) is 2.86. The second-order valence-corrected chi connectivity index (χ2v) is 6.25. The lowest BCUT2D eigenvalue weighted by Gasteiger charge is -2.16. The van der Waals surface area contributed by atoms with Crippen LogP contribution in [0.25, 0.3) is 0 Å². The van der Waals surface area contributed by atoms with Crippen LogP contribution < -0.4 is 5.32 Å². The highest BCUT2D eigenvalue weighted by Gasteiger charge is 2.22. The molecule has 0 saturated carbocycles. The molecule has 0 aliphatic carbocycles. The van der Waals surface area contributed by atoms with E-state index in [0.717, 1.165) is 9.35 Å². The zero-order chi connectivity index (χ0) is 13.8. The number of aliphatic carboxylic acids is 1. The minimum absolute atomic E-state index is 0.439. The Morgan fingerprint density at radius 1 is 1.47 bits per heavy atom. The summed E-state index contributed by atoms with van der Waals surface area (Å²) in [6.07, 6.45) is 0. The van der Waals surface area contributed by atoms with Crippen LogP contribution in [0.4, 0.5) is 0 Å². The van der Waals surface area contributed by atoms with Gasteiger partial charge < -0.3 is 5.11 Å². The van der Waals surface area contributed by atoms with Gasteiger partial charge in [0.05, 0.1) is 0 Å². The van der Waals surface area contributed by atoms with Crippen LogP contribution in [-0.4, -0.2) is 11.1 Å². The van der Waals surface area contributed by atoms with Gasteiger partial charge in [0.15, 0.2) is 0 Å². The van der Waals surface area contributed by atoms with Crippen LogP contribution in [0.1, 0.15) is 16.5 Å². The molecule has 2 rings (SSSR count). The summed E-state index contributed by atoms with van der Waals surface area (Å²) >= 11 is 11.0. The van der Waals surface area contributed by atoms with E-state index in [4.69, 9.17) is 11.6 Å². The molecule has 1 heterocycles. The lowest BCUT2D eigenvalue weighted by Crippen LogP contribution is -2.28. The molecular weight excluding hydrogens is 350 g/mol. The smallest absolute Gasteiger partial charge is 0.325 e. The molecule has 0 spiro atoms. The lowest BCUT2D eigenvalue weighted by molar-refractivity contribution is -0.139. The lowest BCUT2D eigenvalue weighted by atomic mass is 10.1. The Balaban J connectivity index is 2.20. The highest BCUT2D eigenvalue weighted by atomic mass is 79.9. The molecule has 0 bridgehead atoms. The number of hydrogen-bond acceptors (Lipinski definition) is 3. The summed E-state index contributed by atoms with van der Waals surface area (Å²) < 4.78 is 0.802. The second-order valence-electron chi connectivity index (χ2n) is 3.90. The van der Waals surface area contributed by atoms with Gasteiger partial charge in [-0.2, -0.15) is 0 Å². The summed E-state index contributed by atoms with van der Waals surface area (Å²) in [4.78, 5) is 12.5. The number of halogens is 2. The minimum atomic E-state index is -0.948. The van der Waals surface area contributed by atoms with Gasteiger partial charge in [-0.25, -0.2) is 0 Å². The molecule has 1 atom stereocenters. The Labute approximate surface area is 128 Å². The molecule has 1 unspecified atom stereocenters. The van der Waals surface area contributed by atoms with Crippen LogP contribution in [0.15, 0.2) is 40.2 Å². The molecular formula is C13H11BrClNO2S. The highest BCUT2D eigenvalue weighted by molar-refractivity contribution is 9.10. The molecule has 0 saturated heterocycles. The van der Waals surface area contributed by atoms with Crippen LogP contribution in [0.5, 0.6) is 0 Å². The predicted octanol–water partition coefficient (Wildman–Crippen LogP) is 4.08. The van der Waals surface area contributed by atoms with Crippen molar-refractivity contribution in [2.24, 2.45) is 0 Å². The van der Waals surface area contributed by atoms with E-state index in [-0.39, 0.29) is 0 Å². The Morgan fingerprint density at radius 2 is 2.26 bits per heavy atom. The summed E-state index contributed by atoms with van der Waals surface area (Å²) in [5.41, 5.74) is 0.556. The molecule has 0 aliphatic rings. The van der Waals surface area contributed by atoms with E-state index in [1.165, 1.54) is 0 Å². The van der Waals surface area contributed by atoms with Gasteiger partial charge in [0.2, 0.25) is 0 Å². The minimum Gasteiger partial charge on any atom is -0.480 e. The maximum atomic E-state index is 11.4. The summed E-state index contributed by atoms with van der Waals surface area (Å²) in [5, 5.41) is 14.7. The first-order valence-corrected chi connectivity index (χ1v) is 7.56. The van der Waals surface area contributed by atoms with Crippen LogP contribution in [0, 0.1) is 0 Å². The van der Waals surface area contributed by atoms with Gasteiger partial charge in [0.1, 0.15) is 6.04 Å². The molecule has 1 aromatic carbocycles. The largest absolute Gasteiger partial charge is 0.480 e. The first-order valence-electron chi connectivity index (χ1n) is 5.51. The van der Waals surface area contributed by atoms with Crippen molar-refractivity contribution in [3.63, 3.8) is 0 Å². The molecule has 6 heteroatoms. The summed E-state index contributed by atoms with van der Waals surface area (Å²) in [5.74, 6) is -0.948. The van der Waals surface area contributed by atoms with Crippen LogP contribution in [0.3, 0.4) is 0 Å².